The Morgan fingerprint density at radius 3 is 2.22 bits per heavy atom. The van der Waals surface area contributed by atoms with E-state index in [1.54, 1.807) is 0 Å². The molecule has 46 heavy (non-hydrogen) atoms. The van der Waals surface area contributed by atoms with Crippen molar-refractivity contribution in [1.29, 1.82) is 0 Å². The monoisotopic (exact) mass is 652 g/mol. The summed E-state index contributed by atoms with van der Waals surface area (Å²) in [7, 11) is 4.01. The quantitative estimate of drug-likeness (QED) is 0.154. The number of phenols is 1. The summed E-state index contributed by atoms with van der Waals surface area (Å²) in [6.45, 7) is 1.06. The van der Waals surface area contributed by atoms with Gasteiger partial charge in [-0.25, -0.2) is 0 Å². The van der Waals surface area contributed by atoms with Gasteiger partial charge >= 0.3 is 5.97 Å². The van der Waals surface area contributed by atoms with E-state index in [9.17, 15) is 35.4 Å². The number of phenolic OH excluding ortho intramolecular Hbond substituents is 1. The Morgan fingerprint density at radius 2 is 1.61 bits per heavy atom. The Morgan fingerprint density at radius 1 is 0.957 bits per heavy atom. The summed E-state index contributed by atoms with van der Waals surface area (Å²) in [5.74, 6) is -5.13. The van der Waals surface area contributed by atoms with Crippen LogP contribution in [0.4, 0.5) is 0 Å². The Kier molecular flexibility index (Phi) is 8.56. The molecule has 3 aliphatic heterocycles. The molecule has 252 valence electrons. The molecular formula is C30H36O16. The van der Waals surface area contributed by atoms with Crippen molar-refractivity contribution in [3.8, 4) is 28.7 Å². The lowest BCUT2D eigenvalue weighted by atomic mass is 9.62. The maximum Gasteiger partial charge on any atom is 0.310 e. The maximum absolute atomic E-state index is 13.1. The summed E-state index contributed by atoms with van der Waals surface area (Å²) in [6, 6.07) is 5.76. The van der Waals surface area contributed by atoms with Gasteiger partial charge in [-0.05, 0) is 47.9 Å². The van der Waals surface area contributed by atoms with Gasteiger partial charge in [-0.15, -0.1) is 0 Å². The van der Waals surface area contributed by atoms with Crippen LogP contribution in [0, 0.1) is 11.8 Å². The van der Waals surface area contributed by atoms with Gasteiger partial charge in [0.05, 0.1) is 32.8 Å². The van der Waals surface area contributed by atoms with Crippen LogP contribution in [-0.2, 0) is 34.1 Å². The molecule has 3 heterocycles. The van der Waals surface area contributed by atoms with E-state index in [4.69, 9.17) is 42.6 Å². The fourth-order valence-electron chi connectivity index (χ4n) is 6.76. The van der Waals surface area contributed by atoms with Crippen molar-refractivity contribution in [2.45, 2.75) is 61.6 Å². The number of aliphatic hydroxyl groups is 5. The third-order valence-electron chi connectivity index (χ3n) is 8.90. The van der Waals surface area contributed by atoms with Crippen molar-refractivity contribution >= 4 is 6.29 Å². The van der Waals surface area contributed by atoms with E-state index in [-0.39, 0.29) is 58.8 Å². The summed E-state index contributed by atoms with van der Waals surface area (Å²) in [6.07, 6.45) is -10.2. The van der Waals surface area contributed by atoms with Gasteiger partial charge in [-0.3, -0.25) is 4.74 Å². The van der Waals surface area contributed by atoms with Crippen molar-refractivity contribution < 1.29 is 78.1 Å². The van der Waals surface area contributed by atoms with Gasteiger partial charge < -0.3 is 73.3 Å². The van der Waals surface area contributed by atoms with E-state index in [0.717, 1.165) is 0 Å². The topological polar surface area (TPSA) is 222 Å². The number of fused-ring (bicyclic) bond motifs is 3. The van der Waals surface area contributed by atoms with Crippen LogP contribution in [0.25, 0.3) is 0 Å². The van der Waals surface area contributed by atoms with Crippen LogP contribution in [0.2, 0.25) is 0 Å². The van der Waals surface area contributed by atoms with Crippen molar-refractivity contribution in [3.63, 3.8) is 0 Å². The fourth-order valence-corrected chi connectivity index (χ4v) is 6.76. The Balaban J connectivity index is 1.50. The summed E-state index contributed by atoms with van der Waals surface area (Å²) in [4.78, 5) is 13.1. The first-order chi connectivity index (χ1) is 21.9. The average molecular weight is 653 g/mol. The molecule has 0 saturated carbocycles. The fraction of sp³-hybridized carbons (Fsp3) is 0.567. The summed E-state index contributed by atoms with van der Waals surface area (Å²) >= 11 is 0. The Bertz CT molecular complexity index is 1440. The van der Waals surface area contributed by atoms with Crippen LogP contribution in [-0.4, -0.2) is 115 Å². The molecule has 0 aromatic heterocycles. The molecule has 16 heteroatoms. The Labute approximate surface area is 262 Å². The Hall–Kier alpha value is -3.29. The summed E-state index contributed by atoms with van der Waals surface area (Å²) < 4.78 is 49.9. The molecular weight excluding hydrogens is 616 g/mol. The molecule has 0 radical (unpaired) electrons. The second-order valence-corrected chi connectivity index (χ2v) is 11.5. The highest BCUT2D eigenvalue weighted by atomic mass is 16.9. The van der Waals surface area contributed by atoms with Crippen LogP contribution in [0.1, 0.15) is 29.7 Å². The van der Waals surface area contributed by atoms with Gasteiger partial charge in [0.2, 0.25) is 12.5 Å². The number of aldehydes is 1. The lowest BCUT2D eigenvalue weighted by Crippen LogP contribution is -2.70. The van der Waals surface area contributed by atoms with Gasteiger partial charge in [0.1, 0.15) is 30.2 Å². The molecule has 16 nitrogen and oxygen atoms in total. The molecule has 2 saturated heterocycles. The average Bonchev–Trinajstić information content (AvgIpc) is 3.49. The van der Waals surface area contributed by atoms with E-state index in [0.29, 0.717) is 6.29 Å². The number of hydrogen-bond acceptors (Lipinski definition) is 16. The minimum absolute atomic E-state index is 0.0404. The predicted molar refractivity (Wildman–Crippen MR) is 149 cm³/mol. The zero-order valence-electron chi connectivity index (χ0n) is 25.3. The molecule has 2 aromatic carbocycles. The standard InChI is InChI=1S/C30H36O16/c1-12-43-26-23(33)24(34)28(45-27(26)30(36,37)46-12)44-25-14-7-18-19(42-11-41-18)8-16(14)29(35,17(9-31)15(25)10-38-2)13-5-20(39-3)22(32)21(6-13)40-4/h5-9,12,15,17,23-28,32-37H,10-11H2,1-4H3. The van der Waals surface area contributed by atoms with Crippen LogP contribution in [0.3, 0.4) is 0 Å². The van der Waals surface area contributed by atoms with Crippen molar-refractivity contribution in [1.82, 2.24) is 0 Å². The molecule has 2 aromatic rings. The molecule has 2 fully saturated rings. The minimum atomic E-state index is -2.92. The second kappa shape index (κ2) is 12.1. The molecule has 6 N–H and O–H groups in total. The van der Waals surface area contributed by atoms with E-state index >= 15 is 0 Å². The number of carbonyl (C=O) groups is 1. The number of ether oxygens (including phenoxy) is 9. The minimum Gasteiger partial charge on any atom is -0.502 e. The van der Waals surface area contributed by atoms with Crippen molar-refractivity contribution in [2.24, 2.45) is 11.8 Å². The highest BCUT2D eigenvalue weighted by Crippen LogP contribution is 2.56. The molecule has 0 spiro atoms. The van der Waals surface area contributed by atoms with Gasteiger partial charge in [-0.2, -0.15) is 0 Å². The van der Waals surface area contributed by atoms with Gasteiger partial charge in [-0.1, -0.05) is 0 Å². The zero-order valence-corrected chi connectivity index (χ0v) is 25.3. The van der Waals surface area contributed by atoms with Gasteiger partial charge in [0.15, 0.2) is 41.7 Å². The predicted octanol–water partition coefficient (Wildman–Crippen LogP) is -0.630. The third-order valence-corrected chi connectivity index (χ3v) is 8.90. The molecule has 10 unspecified atom stereocenters. The third kappa shape index (κ3) is 5.05. The van der Waals surface area contributed by atoms with E-state index in [1.165, 1.54) is 52.5 Å². The summed E-state index contributed by atoms with van der Waals surface area (Å²) in [5.41, 5.74) is -1.65. The number of carbonyl (C=O) groups excluding carboxylic acids is 1. The first kappa shape index (κ1) is 32.6. The van der Waals surface area contributed by atoms with Crippen LogP contribution in [0.15, 0.2) is 24.3 Å². The smallest absolute Gasteiger partial charge is 0.310 e. The van der Waals surface area contributed by atoms with Crippen LogP contribution >= 0.6 is 0 Å². The molecule has 4 aliphatic rings. The highest BCUT2D eigenvalue weighted by molar-refractivity contribution is 5.67. The molecule has 6 rings (SSSR count). The molecule has 0 bridgehead atoms. The number of benzene rings is 2. The van der Waals surface area contributed by atoms with Crippen LogP contribution in [0.5, 0.6) is 28.7 Å². The first-order valence-electron chi connectivity index (χ1n) is 14.4. The maximum atomic E-state index is 13.1. The molecule has 1 aliphatic carbocycles. The first-order valence-corrected chi connectivity index (χ1v) is 14.4. The lowest BCUT2D eigenvalue weighted by Gasteiger charge is -2.52. The zero-order chi connectivity index (χ0) is 33.1. The normalized spacial score (nSPS) is 36.0. The number of rotatable bonds is 8. The number of hydrogen-bond donors (Lipinski definition) is 6. The van der Waals surface area contributed by atoms with Crippen LogP contribution < -0.4 is 18.9 Å². The number of aliphatic hydroxyl groups excluding tert-OH is 2. The van der Waals surface area contributed by atoms with Crippen molar-refractivity contribution in [3.05, 3.63) is 41.0 Å². The van der Waals surface area contributed by atoms with Crippen molar-refractivity contribution in [2.75, 3.05) is 34.7 Å². The van der Waals surface area contributed by atoms with E-state index < -0.39 is 66.5 Å². The summed E-state index contributed by atoms with van der Waals surface area (Å²) in [5, 5.41) is 66.5. The molecule has 0 amide bonds. The highest BCUT2D eigenvalue weighted by Gasteiger charge is 2.60. The largest absolute Gasteiger partial charge is 0.502 e. The number of methoxy groups -OCH3 is 3. The van der Waals surface area contributed by atoms with E-state index in [1.807, 2.05) is 0 Å². The SMILES string of the molecule is COCC1C(OC2OC3C(OC(C)OC3(O)O)C(O)C2O)c2cc3c(cc2C(O)(c2cc(OC)c(O)c(OC)c2)C1C=O)OCO3. The second-order valence-electron chi connectivity index (χ2n) is 11.5. The number of aromatic hydroxyl groups is 1. The molecule has 10 atom stereocenters. The van der Waals surface area contributed by atoms with Gasteiger partial charge in [0, 0.05) is 13.0 Å². The lowest BCUT2D eigenvalue weighted by molar-refractivity contribution is -0.497. The van der Waals surface area contributed by atoms with Gasteiger partial charge in [0.25, 0.3) is 0 Å². The van der Waals surface area contributed by atoms with E-state index in [2.05, 4.69) is 0 Å².